The summed E-state index contributed by atoms with van der Waals surface area (Å²) in [7, 11) is 0. The fourth-order valence-electron chi connectivity index (χ4n) is 2.68. The number of carboxylic acid groups (broad SMARTS) is 1. The molecule has 0 amide bonds. The number of carboxylic acids is 1. The molecular formula is C15H20O2. The third-order valence-corrected chi connectivity index (χ3v) is 3.70. The smallest absolute Gasteiger partial charge is 0.335 e. The van der Waals surface area contributed by atoms with Gasteiger partial charge in [0.2, 0.25) is 0 Å². The van der Waals surface area contributed by atoms with E-state index in [1.54, 1.807) is 12.1 Å². The maximum Gasteiger partial charge on any atom is 0.335 e. The van der Waals surface area contributed by atoms with Crippen molar-refractivity contribution in [3.8, 4) is 0 Å². The average molecular weight is 232 g/mol. The molecule has 2 nitrogen and oxygen atoms in total. The van der Waals surface area contributed by atoms with Gasteiger partial charge in [0.1, 0.15) is 0 Å². The Morgan fingerprint density at radius 1 is 1.06 bits per heavy atom. The molecule has 0 aromatic heterocycles. The lowest BCUT2D eigenvalue weighted by Gasteiger charge is -2.13. The Bertz CT molecular complexity index is 359. The molecule has 17 heavy (non-hydrogen) atoms. The predicted octanol–water partition coefficient (Wildman–Crippen LogP) is 3.90. The minimum absolute atomic E-state index is 0.384. The Kier molecular flexibility index (Phi) is 4.18. The number of hydrogen-bond donors (Lipinski definition) is 1. The van der Waals surface area contributed by atoms with Gasteiger partial charge in [-0.3, -0.25) is 0 Å². The highest BCUT2D eigenvalue weighted by Gasteiger charge is 2.13. The largest absolute Gasteiger partial charge is 0.478 e. The summed E-state index contributed by atoms with van der Waals surface area (Å²) in [4.78, 5) is 10.7. The molecule has 1 saturated carbocycles. The lowest BCUT2D eigenvalue weighted by atomic mass is 9.92. The van der Waals surface area contributed by atoms with Gasteiger partial charge in [-0.25, -0.2) is 4.79 Å². The van der Waals surface area contributed by atoms with Crippen molar-refractivity contribution in [2.75, 3.05) is 0 Å². The minimum Gasteiger partial charge on any atom is -0.478 e. The Labute approximate surface area is 103 Å². The normalized spacial score (nSPS) is 17.6. The van der Waals surface area contributed by atoms with Gasteiger partial charge in [0.25, 0.3) is 0 Å². The number of benzene rings is 1. The van der Waals surface area contributed by atoms with Gasteiger partial charge in [0, 0.05) is 0 Å². The molecule has 0 heterocycles. The van der Waals surface area contributed by atoms with Crippen LogP contribution in [0.15, 0.2) is 24.3 Å². The number of carbonyl (C=O) groups is 1. The number of rotatable bonds is 3. The molecule has 0 bridgehead atoms. The van der Waals surface area contributed by atoms with Gasteiger partial charge in [-0.15, -0.1) is 0 Å². The second-order valence-corrected chi connectivity index (χ2v) is 5.06. The molecule has 1 N–H and O–H groups in total. The molecule has 0 aliphatic heterocycles. The first-order valence-electron chi connectivity index (χ1n) is 6.58. The van der Waals surface area contributed by atoms with Crippen molar-refractivity contribution in [2.45, 2.75) is 44.9 Å². The van der Waals surface area contributed by atoms with Gasteiger partial charge in [-0.2, -0.15) is 0 Å². The summed E-state index contributed by atoms with van der Waals surface area (Å²) in [5, 5.41) is 8.83. The van der Waals surface area contributed by atoms with E-state index in [9.17, 15) is 4.79 Å². The van der Waals surface area contributed by atoms with Gasteiger partial charge in [-0.1, -0.05) is 50.7 Å². The van der Waals surface area contributed by atoms with E-state index < -0.39 is 5.97 Å². The van der Waals surface area contributed by atoms with E-state index in [2.05, 4.69) is 0 Å². The Morgan fingerprint density at radius 3 is 2.18 bits per heavy atom. The molecule has 0 spiro atoms. The molecule has 2 heteroatoms. The third kappa shape index (κ3) is 3.58. The first kappa shape index (κ1) is 12.2. The average Bonchev–Trinajstić information content (AvgIpc) is 2.58. The monoisotopic (exact) mass is 232 g/mol. The number of aromatic carboxylic acids is 1. The van der Waals surface area contributed by atoms with Crippen LogP contribution < -0.4 is 0 Å². The molecule has 1 aromatic rings. The van der Waals surface area contributed by atoms with E-state index >= 15 is 0 Å². The van der Waals surface area contributed by atoms with Crippen molar-refractivity contribution >= 4 is 5.97 Å². The van der Waals surface area contributed by atoms with Gasteiger partial charge in [-0.05, 0) is 30.0 Å². The summed E-state index contributed by atoms with van der Waals surface area (Å²) < 4.78 is 0. The molecule has 2 rings (SSSR count). The van der Waals surface area contributed by atoms with Crippen molar-refractivity contribution in [3.63, 3.8) is 0 Å². The zero-order valence-electron chi connectivity index (χ0n) is 10.2. The van der Waals surface area contributed by atoms with Gasteiger partial charge in [0.05, 0.1) is 5.56 Å². The summed E-state index contributed by atoms with van der Waals surface area (Å²) in [6, 6.07) is 7.37. The number of hydrogen-bond acceptors (Lipinski definition) is 1. The van der Waals surface area contributed by atoms with Crippen LogP contribution in [0.4, 0.5) is 0 Å². The summed E-state index contributed by atoms with van der Waals surface area (Å²) in [5.41, 5.74) is 1.66. The van der Waals surface area contributed by atoms with Crippen molar-refractivity contribution in [1.29, 1.82) is 0 Å². The first-order valence-corrected chi connectivity index (χ1v) is 6.58. The molecule has 1 aliphatic rings. The zero-order chi connectivity index (χ0) is 12.1. The van der Waals surface area contributed by atoms with Crippen LogP contribution in [0.2, 0.25) is 0 Å². The molecule has 0 atom stereocenters. The lowest BCUT2D eigenvalue weighted by Crippen LogP contribution is -2.04. The summed E-state index contributed by atoms with van der Waals surface area (Å²) in [6.45, 7) is 0. The fraction of sp³-hybridized carbons (Fsp3) is 0.533. The maximum absolute atomic E-state index is 10.7. The fourth-order valence-corrected chi connectivity index (χ4v) is 2.68. The van der Waals surface area contributed by atoms with E-state index in [0.717, 1.165) is 12.3 Å². The Balaban J connectivity index is 1.95. The van der Waals surface area contributed by atoms with Crippen LogP contribution in [-0.4, -0.2) is 11.1 Å². The highest BCUT2D eigenvalue weighted by atomic mass is 16.4. The molecule has 1 aliphatic carbocycles. The lowest BCUT2D eigenvalue weighted by molar-refractivity contribution is 0.0697. The SMILES string of the molecule is O=C(O)c1ccc(CC2CCCCCC2)cc1. The van der Waals surface area contributed by atoms with Crippen LogP contribution in [0.3, 0.4) is 0 Å². The Hall–Kier alpha value is -1.31. The van der Waals surface area contributed by atoms with Gasteiger partial charge >= 0.3 is 5.97 Å². The molecule has 1 fully saturated rings. The second-order valence-electron chi connectivity index (χ2n) is 5.06. The quantitative estimate of drug-likeness (QED) is 0.802. The molecule has 92 valence electrons. The van der Waals surface area contributed by atoms with Crippen LogP contribution in [0.5, 0.6) is 0 Å². The van der Waals surface area contributed by atoms with E-state index in [1.165, 1.54) is 44.1 Å². The topological polar surface area (TPSA) is 37.3 Å². The van der Waals surface area contributed by atoms with Crippen molar-refractivity contribution in [3.05, 3.63) is 35.4 Å². The van der Waals surface area contributed by atoms with Crippen LogP contribution in [-0.2, 0) is 6.42 Å². The van der Waals surface area contributed by atoms with E-state index in [-0.39, 0.29) is 0 Å². The van der Waals surface area contributed by atoms with Crippen molar-refractivity contribution < 1.29 is 9.90 Å². The van der Waals surface area contributed by atoms with Crippen LogP contribution in [0.1, 0.15) is 54.4 Å². The van der Waals surface area contributed by atoms with Crippen molar-refractivity contribution in [1.82, 2.24) is 0 Å². The zero-order valence-corrected chi connectivity index (χ0v) is 10.2. The van der Waals surface area contributed by atoms with E-state index in [0.29, 0.717) is 5.56 Å². The Morgan fingerprint density at radius 2 is 1.65 bits per heavy atom. The third-order valence-electron chi connectivity index (χ3n) is 3.70. The highest BCUT2D eigenvalue weighted by molar-refractivity contribution is 5.87. The first-order chi connectivity index (χ1) is 8.25. The summed E-state index contributed by atoms with van der Waals surface area (Å²) in [6.07, 6.45) is 9.26. The maximum atomic E-state index is 10.7. The predicted molar refractivity (Wildman–Crippen MR) is 68.3 cm³/mol. The highest BCUT2D eigenvalue weighted by Crippen LogP contribution is 2.26. The molecule has 1 aromatic carbocycles. The van der Waals surface area contributed by atoms with Gasteiger partial charge < -0.3 is 5.11 Å². The van der Waals surface area contributed by atoms with Crippen molar-refractivity contribution in [2.24, 2.45) is 5.92 Å². The second kappa shape index (κ2) is 5.85. The van der Waals surface area contributed by atoms with E-state index in [1.807, 2.05) is 12.1 Å². The summed E-state index contributed by atoms with van der Waals surface area (Å²) in [5.74, 6) is -0.0424. The minimum atomic E-state index is -0.842. The van der Waals surface area contributed by atoms with E-state index in [4.69, 9.17) is 5.11 Å². The van der Waals surface area contributed by atoms with Gasteiger partial charge in [0.15, 0.2) is 0 Å². The van der Waals surface area contributed by atoms with Crippen LogP contribution in [0.25, 0.3) is 0 Å². The summed E-state index contributed by atoms with van der Waals surface area (Å²) >= 11 is 0. The molecule has 0 radical (unpaired) electrons. The molecular weight excluding hydrogens is 212 g/mol. The molecule has 0 saturated heterocycles. The molecule has 0 unspecified atom stereocenters. The van der Waals surface area contributed by atoms with Crippen LogP contribution >= 0.6 is 0 Å². The standard InChI is InChI=1S/C15H20O2/c16-15(17)14-9-7-13(8-10-14)11-12-5-3-1-2-4-6-12/h7-10,12H,1-6,11H2,(H,16,17). The van der Waals surface area contributed by atoms with Crippen LogP contribution in [0, 0.1) is 5.92 Å².